The zero-order valence-electron chi connectivity index (χ0n) is 10.9. The second-order valence-electron chi connectivity index (χ2n) is 3.95. The number of likely N-dealkylation sites (N-methyl/N-ethyl adjacent to an activating group) is 2. The van der Waals surface area contributed by atoms with Crippen molar-refractivity contribution in [2.24, 2.45) is 5.84 Å². The molecule has 0 aliphatic heterocycles. The third-order valence-electron chi connectivity index (χ3n) is 2.57. The highest BCUT2D eigenvalue weighted by Crippen LogP contribution is 2.06. The number of nitrogens with two attached hydrogens (primary N) is 1. The fourth-order valence-electron chi connectivity index (χ4n) is 1.60. The van der Waals surface area contributed by atoms with Crippen LogP contribution < -0.4 is 16.6 Å². The van der Waals surface area contributed by atoms with Crippen molar-refractivity contribution in [1.29, 1.82) is 0 Å². The van der Waals surface area contributed by atoms with E-state index in [2.05, 4.69) is 20.6 Å². The summed E-state index contributed by atoms with van der Waals surface area (Å²) in [7, 11) is 0. The van der Waals surface area contributed by atoms with Crippen molar-refractivity contribution in [3.05, 3.63) is 23.9 Å². The SMILES string of the molecule is CCNC(=O)CN(CC)Cc1ccc(NN)nc1. The maximum atomic E-state index is 11.5. The lowest BCUT2D eigenvalue weighted by Gasteiger charge is -2.19. The molecule has 0 aliphatic rings. The zero-order chi connectivity index (χ0) is 13.4. The molecule has 0 aromatic carbocycles. The first kappa shape index (κ1) is 14.4. The summed E-state index contributed by atoms with van der Waals surface area (Å²) in [4.78, 5) is 17.7. The largest absolute Gasteiger partial charge is 0.355 e. The number of hydrogen-bond acceptors (Lipinski definition) is 5. The smallest absolute Gasteiger partial charge is 0.234 e. The van der Waals surface area contributed by atoms with Crippen molar-refractivity contribution >= 4 is 11.7 Å². The predicted molar refractivity (Wildman–Crippen MR) is 71.7 cm³/mol. The number of anilines is 1. The molecule has 100 valence electrons. The molecule has 6 nitrogen and oxygen atoms in total. The van der Waals surface area contributed by atoms with E-state index in [1.807, 2.05) is 26.0 Å². The van der Waals surface area contributed by atoms with Crippen LogP contribution in [0.15, 0.2) is 18.3 Å². The second-order valence-corrected chi connectivity index (χ2v) is 3.95. The highest BCUT2D eigenvalue weighted by molar-refractivity contribution is 5.77. The molecule has 0 saturated heterocycles. The van der Waals surface area contributed by atoms with Crippen LogP contribution >= 0.6 is 0 Å². The van der Waals surface area contributed by atoms with Crippen LogP contribution in [-0.2, 0) is 11.3 Å². The first-order chi connectivity index (χ1) is 8.69. The number of amides is 1. The minimum absolute atomic E-state index is 0.0487. The maximum absolute atomic E-state index is 11.5. The Hall–Kier alpha value is -1.66. The number of pyridine rings is 1. The average molecular weight is 251 g/mol. The first-order valence-corrected chi connectivity index (χ1v) is 6.10. The van der Waals surface area contributed by atoms with Crippen molar-refractivity contribution in [2.45, 2.75) is 20.4 Å². The second kappa shape index (κ2) is 7.62. The Morgan fingerprint density at radius 3 is 2.72 bits per heavy atom. The zero-order valence-corrected chi connectivity index (χ0v) is 10.9. The van der Waals surface area contributed by atoms with Crippen molar-refractivity contribution < 1.29 is 4.79 Å². The highest BCUT2D eigenvalue weighted by Gasteiger charge is 2.08. The number of hydrogen-bond donors (Lipinski definition) is 3. The Morgan fingerprint density at radius 2 is 2.22 bits per heavy atom. The number of carbonyl (C=O) groups is 1. The predicted octanol–water partition coefficient (Wildman–Crippen LogP) is 0.325. The fourth-order valence-corrected chi connectivity index (χ4v) is 1.60. The van der Waals surface area contributed by atoms with E-state index < -0.39 is 0 Å². The van der Waals surface area contributed by atoms with Gasteiger partial charge < -0.3 is 10.7 Å². The molecule has 0 unspecified atom stereocenters. The Kier molecular flexibility index (Phi) is 6.10. The number of nitrogens with one attached hydrogen (secondary N) is 2. The van der Waals surface area contributed by atoms with Crippen molar-refractivity contribution in [3.8, 4) is 0 Å². The molecule has 0 atom stereocenters. The molecule has 1 aromatic rings. The van der Waals surface area contributed by atoms with Crippen LogP contribution in [0.2, 0.25) is 0 Å². The summed E-state index contributed by atoms with van der Waals surface area (Å²) in [6.45, 7) is 6.52. The van der Waals surface area contributed by atoms with Gasteiger partial charge in [-0.15, -0.1) is 0 Å². The molecule has 1 amide bonds. The number of hydrazine groups is 1. The Labute approximate surface area is 108 Å². The summed E-state index contributed by atoms with van der Waals surface area (Å²) in [5, 5.41) is 2.79. The summed E-state index contributed by atoms with van der Waals surface area (Å²) in [5.74, 6) is 5.93. The van der Waals surface area contributed by atoms with Gasteiger partial charge in [-0.1, -0.05) is 13.0 Å². The lowest BCUT2D eigenvalue weighted by Crippen LogP contribution is -2.36. The van der Waals surface area contributed by atoms with Crippen LogP contribution in [-0.4, -0.2) is 35.4 Å². The minimum Gasteiger partial charge on any atom is -0.355 e. The third-order valence-corrected chi connectivity index (χ3v) is 2.57. The van der Waals surface area contributed by atoms with Crippen LogP contribution in [0.4, 0.5) is 5.82 Å². The average Bonchev–Trinajstić information content (AvgIpc) is 2.39. The lowest BCUT2D eigenvalue weighted by molar-refractivity contribution is -0.122. The van der Waals surface area contributed by atoms with Crippen molar-refractivity contribution in [1.82, 2.24) is 15.2 Å². The van der Waals surface area contributed by atoms with Crippen LogP contribution in [0.1, 0.15) is 19.4 Å². The molecule has 0 radical (unpaired) electrons. The van der Waals surface area contributed by atoms with Gasteiger partial charge in [0.15, 0.2) is 0 Å². The number of nitrogen functional groups attached to an aromatic ring is 1. The van der Waals surface area contributed by atoms with Gasteiger partial charge in [0.05, 0.1) is 6.54 Å². The fraction of sp³-hybridized carbons (Fsp3) is 0.500. The molecule has 0 bridgehead atoms. The van der Waals surface area contributed by atoms with E-state index in [1.54, 1.807) is 6.20 Å². The van der Waals surface area contributed by atoms with E-state index in [-0.39, 0.29) is 5.91 Å². The summed E-state index contributed by atoms with van der Waals surface area (Å²) in [5.41, 5.74) is 3.54. The third kappa shape index (κ3) is 4.68. The van der Waals surface area contributed by atoms with E-state index in [0.29, 0.717) is 25.5 Å². The molecule has 0 fully saturated rings. The van der Waals surface area contributed by atoms with E-state index in [9.17, 15) is 4.79 Å². The number of aromatic nitrogens is 1. The van der Waals surface area contributed by atoms with Gasteiger partial charge in [0, 0.05) is 19.3 Å². The van der Waals surface area contributed by atoms with Crippen LogP contribution in [0.25, 0.3) is 0 Å². The van der Waals surface area contributed by atoms with Crippen molar-refractivity contribution in [2.75, 3.05) is 25.1 Å². The maximum Gasteiger partial charge on any atom is 0.234 e. The lowest BCUT2D eigenvalue weighted by atomic mass is 10.2. The molecule has 1 aromatic heterocycles. The molecule has 0 aliphatic carbocycles. The molecule has 18 heavy (non-hydrogen) atoms. The van der Waals surface area contributed by atoms with Crippen LogP contribution in [0.5, 0.6) is 0 Å². The van der Waals surface area contributed by atoms with Gasteiger partial charge in [-0.3, -0.25) is 9.69 Å². The number of rotatable bonds is 7. The Morgan fingerprint density at radius 1 is 1.44 bits per heavy atom. The Bertz CT molecular complexity index is 365. The molecular formula is C12H21N5O. The van der Waals surface area contributed by atoms with Gasteiger partial charge in [-0.05, 0) is 25.1 Å². The summed E-state index contributed by atoms with van der Waals surface area (Å²) < 4.78 is 0. The molecule has 1 heterocycles. The molecule has 0 saturated carbocycles. The van der Waals surface area contributed by atoms with Gasteiger partial charge in [0.2, 0.25) is 5.91 Å². The summed E-state index contributed by atoms with van der Waals surface area (Å²) in [6, 6.07) is 3.76. The van der Waals surface area contributed by atoms with Crippen molar-refractivity contribution in [3.63, 3.8) is 0 Å². The highest BCUT2D eigenvalue weighted by atomic mass is 16.2. The standard InChI is InChI=1S/C12H21N5O/c1-3-14-12(18)9-17(4-2)8-10-5-6-11(16-13)15-7-10/h5-7H,3-4,8-9,13H2,1-2H3,(H,14,18)(H,15,16). The van der Waals surface area contributed by atoms with E-state index in [1.165, 1.54) is 0 Å². The van der Waals surface area contributed by atoms with Gasteiger partial charge in [-0.2, -0.15) is 0 Å². The quantitative estimate of drug-likeness (QED) is 0.480. The summed E-state index contributed by atoms with van der Waals surface area (Å²) >= 11 is 0. The van der Waals surface area contributed by atoms with E-state index in [0.717, 1.165) is 12.1 Å². The molecule has 1 rings (SSSR count). The topological polar surface area (TPSA) is 83.3 Å². The molecule has 0 spiro atoms. The first-order valence-electron chi connectivity index (χ1n) is 6.10. The van der Waals surface area contributed by atoms with Crippen LogP contribution in [0, 0.1) is 0 Å². The van der Waals surface area contributed by atoms with Gasteiger partial charge in [0.25, 0.3) is 0 Å². The van der Waals surface area contributed by atoms with Gasteiger partial charge in [-0.25, -0.2) is 10.8 Å². The van der Waals surface area contributed by atoms with Gasteiger partial charge in [0.1, 0.15) is 5.82 Å². The van der Waals surface area contributed by atoms with E-state index in [4.69, 9.17) is 5.84 Å². The molecule has 6 heteroatoms. The number of carbonyl (C=O) groups excluding carboxylic acids is 1. The van der Waals surface area contributed by atoms with Gasteiger partial charge >= 0.3 is 0 Å². The summed E-state index contributed by atoms with van der Waals surface area (Å²) in [6.07, 6.45) is 1.76. The van der Waals surface area contributed by atoms with E-state index >= 15 is 0 Å². The number of nitrogens with zero attached hydrogens (tertiary/aromatic N) is 2. The normalized spacial score (nSPS) is 10.4. The molecule has 4 N–H and O–H groups in total. The minimum atomic E-state index is 0.0487. The Balaban J connectivity index is 2.53. The van der Waals surface area contributed by atoms with Crippen LogP contribution in [0.3, 0.4) is 0 Å². The monoisotopic (exact) mass is 251 g/mol. The molecular weight excluding hydrogens is 230 g/mol.